The Morgan fingerprint density at radius 1 is 1.04 bits per heavy atom. The highest BCUT2D eigenvalue weighted by atomic mass is 16.5. The van der Waals surface area contributed by atoms with Gasteiger partial charge in [-0.25, -0.2) is 0 Å². The lowest BCUT2D eigenvalue weighted by molar-refractivity contribution is 0.116. The van der Waals surface area contributed by atoms with Gasteiger partial charge < -0.3 is 19.9 Å². The summed E-state index contributed by atoms with van der Waals surface area (Å²) >= 11 is 0. The number of hydrogen-bond donors (Lipinski definition) is 2. The minimum atomic E-state index is -0.116. The van der Waals surface area contributed by atoms with E-state index in [0.29, 0.717) is 12.6 Å². The number of aromatic nitrogens is 1. The highest BCUT2D eigenvalue weighted by molar-refractivity contribution is 5.43. The Bertz CT molecular complexity index is 655. The van der Waals surface area contributed by atoms with Crippen LogP contribution >= 0.6 is 0 Å². The lowest BCUT2D eigenvalue weighted by Gasteiger charge is -2.26. The molecule has 2 aromatic rings. The average molecular weight is 342 g/mol. The van der Waals surface area contributed by atoms with E-state index in [-0.39, 0.29) is 6.10 Å². The maximum atomic E-state index is 9.58. The second kappa shape index (κ2) is 8.83. The van der Waals surface area contributed by atoms with Gasteiger partial charge in [0.25, 0.3) is 0 Å². The third kappa shape index (κ3) is 5.18. The Kier molecular flexibility index (Phi) is 6.25. The van der Waals surface area contributed by atoms with Gasteiger partial charge in [0.05, 0.1) is 13.2 Å². The van der Waals surface area contributed by atoms with Crippen LogP contribution in [0.5, 0.6) is 11.5 Å². The van der Waals surface area contributed by atoms with Crippen molar-refractivity contribution in [3.05, 3.63) is 53.9 Å². The molecule has 2 N–H and O–H groups in total. The molecule has 1 aromatic heterocycles. The average Bonchev–Trinajstić information content (AvgIpc) is 2.67. The Labute approximate surface area is 149 Å². The Balaban J connectivity index is 1.55. The van der Waals surface area contributed by atoms with E-state index in [1.807, 2.05) is 24.3 Å². The molecular weight excluding hydrogens is 316 g/mol. The van der Waals surface area contributed by atoms with Gasteiger partial charge in [0.15, 0.2) is 11.5 Å². The maximum Gasteiger partial charge on any atom is 0.161 e. The van der Waals surface area contributed by atoms with Crippen molar-refractivity contribution in [2.45, 2.75) is 51.0 Å². The van der Waals surface area contributed by atoms with Crippen molar-refractivity contribution >= 4 is 0 Å². The van der Waals surface area contributed by atoms with Crippen LogP contribution in [0.15, 0.2) is 42.7 Å². The number of nitrogens with one attached hydrogen (secondary N) is 1. The number of benzene rings is 1. The second-order valence-electron chi connectivity index (χ2n) is 6.52. The van der Waals surface area contributed by atoms with E-state index in [4.69, 9.17) is 9.47 Å². The van der Waals surface area contributed by atoms with Crippen LogP contribution in [0.2, 0.25) is 0 Å². The lowest BCUT2D eigenvalue weighted by atomic mass is 9.93. The summed E-state index contributed by atoms with van der Waals surface area (Å²) < 4.78 is 11.4. The predicted molar refractivity (Wildman–Crippen MR) is 96.7 cm³/mol. The van der Waals surface area contributed by atoms with Gasteiger partial charge in [-0.05, 0) is 61.1 Å². The molecule has 1 heterocycles. The molecule has 3 rings (SSSR count). The molecule has 0 aliphatic heterocycles. The smallest absolute Gasteiger partial charge is 0.161 e. The molecule has 25 heavy (non-hydrogen) atoms. The summed E-state index contributed by atoms with van der Waals surface area (Å²) in [7, 11) is 1.66. The molecule has 5 nitrogen and oxygen atoms in total. The monoisotopic (exact) mass is 342 g/mol. The minimum absolute atomic E-state index is 0.116. The third-order valence-corrected chi connectivity index (χ3v) is 4.66. The number of ether oxygens (including phenoxy) is 2. The van der Waals surface area contributed by atoms with Crippen molar-refractivity contribution in [1.82, 2.24) is 10.3 Å². The number of aliphatic hydroxyl groups is 1. The van der Waals surface area contributed by atoms with Gasteiger partial charge in [-0.1, -0.05) is 6.07 Å². The molecule has 0 unspecified atom stereocenters. The van der Waals surface area contributed by atoms with E-state index in [1.165, 1.54) is 5.56 Å². The largest absolute Gasteiger partial charge is 0.493 e. The topological polar surface area (TPSA) is 63.6 Å². The summed E-state index contributed by atoms with van der Waals surface area (Å²) in [6.45, 7) is 1.28. The summed E-state index contributed by atoms with van der Waals surface area (Å²) in [4.78, 5) is 4.01. The Hall–Kier alpha value is -2.11. The standard InChI is InChI=1S/C20H26N2O3/c1-24-20-12-16(13-22-17-3-5-18(23)6-4-17)2-7-19(20)25-14-15-8-10-21-11-9-15/h2,7-12,17-18,22-23H,3-6,13-14H2,1H3. The van der Waals surface area contributed by atoms with Crippen LogP contribution in [0.3, 0.4) is 0 Å². The first-order chi connectivity index (χ1) is 12.2. The molecule has 0 spiro atoms. The van der Waals surface area contributed by atoms with E-state index in [0.717, 1.165) is 49.3 Å². The van der Waals surface area contributed by atoms with E-state index in [2.05, 4.69) is 16.4 Å². The molecule has 134 valence electrons. The predicted octanol–water partition coefficient (Wildman–Crippen LogP) is 3.06. The van der Waals surface area contributed by atoms with E-state index in [1.54, 1.807) is 19.5 Å². The summed E-state index contributed by atoms with van der Waals surface area (Å²) in [5, 5.41) is 13.2. The number of pyridine rings is 1. The van der Waals surface area contributed by atoms with Gasteiger partial charge >= 0.3 is 0 Å². The van der Waals surface area contributed by atoms with Crippen LogP contribution in [0, 0.1) is 0 Å². The highest BCUT2D eigenvalue weighted by Crippen LogP contribution is 2.29. The number of rotatable bonds is 7. The third-order valence-electron chi connectivity index (χ3n) is 4.66. The number of aliphatic hydroxyl groups excluding tert-OH is 1. The molecule has 0 bridgehead atoms. The molecular formula is C20H26N2O3. The SMILES string of the molecule is COc1cc(CNC2CCC(O)CC2)ccc1OCc1ccncc1. The lowest BCUT2D eigenvalue weighted by Crippen LogP contribution is -2.34. The van der Waals surface area contributed by atoms with Crippen LogP contribution in [-0.2, 0) is 13.2 Å². The van der Waals surface area contributed by atoms with E-state index < -0.39 is 0 Å². The van der Waals surface area contributed by atoms with Gasteiger partial charge in [-0.15, -0.1) is 0 Å². The second-order valence-corrected chi connectivity index (χ2v) is 6.52. The first-order valence-electron chi connectivity index (χ1n) is 8.84. The minimum Gasteiger partial charge on any atom is -0.493 e. The molecule has 0 amide bonds. The van der Waals surface area contributed by atoms with Crippen molar-refractivity contribution < 1.29 is 14.6 Å². The summed E-state index contributed by atoms with van der Waals surface area (Å²) in [5.41, 5.74) is 2.24. The van der Waals surface area contributed by atoms with Gasteiger partial charge in [0, 0.05) is 25.0 Å². The maximum absolute atomic E-state index is 9.58. The fourth-order valence-corrected chi connectivity index (χ4v) is 3.12. The molecule has 1 aliphatic carbocycles. The fraction of sp³-hybridized carbons (Fsp3) is 0.450. The van der Waals surface area contributed by atoms with E-state index >= 15 is 0 Å². The highest BCUT2D eigenvalue weighted by Gasteiger charge is 2.18. The van der Waals surface area contributed by atoms with Crippen molar-refractivity contribution in [1.29, 1.82) is 0 Å². The fourth-order valence-electron chi connectivity index (χ4n) is 3.12. The van der Waals surface area contributed by atoms with Gasteiger partial charge in [-0.2, -0.15) is 0 Å². The van der Waals surface area contributed by atoms with Gasteiger partial charge in [0.2, 0.25) is 0 Å². The summed E-state index contributed by atoms with van der Waals surface area (Å²) in [6, 6.07) is 10.4. The molecule has 0 atom stereocenters. The number of hydrogen-bond acceptors (Lipinski definition) is 5. The molecule has 1 fully saturated rings. The summed E-state index contributed by atoms with van der Waals surface area (Å²) in [6.07, 6.45) is 7.25. The first kappa shape index (κ1) is 17.7. The molecule has 1 saturated carbocycles. The van der Waals surface area contributed by atoms with Crippen LogP contribution in [0.1, 0.15) is 36.8 Å². The number of methoxy groups -OCH3 is 1. The zero-order valence-corrected chi connectivity index (χ0v) is 14.6. The Morgan fingerprint density at radius 2 is 1.80 bits per heavy atom. The van der Waals surface area contributed by atoms with Gasteiger partial charge in [0.1, 0.15) is 6.61 Å². The van der Waals surface area contributed by atoms with Crippen molar-refractivity contribution in [2.75, 3.05) is 7.11 Å². The molecule has 1 aromatic carbocycles. The molecule has 0 radical (unpaired) electrons. The van der Waals surface area contributed by atoms with Crippen molar-refractivity contribution in [3.63, 3.8) is 0 Å². The Morgan fingerprint density at radius 3 is 2.52 bits per heavy atom. The van der Waals surface area contributed by atoms with Crippen LogP contribution < -0.4 is 14.8 Å². The molecule has 0 saturated heterocycles. The first-order valence-corrected chi connectivity index (χ1v) is 8.84. The van der Waals surface area contributed by atoms with E-state index in [9.17, 15) is 5.11 Å². The van der Waals surface area contributed by atoms with Crippen LogP contribution in [0.25, 0.3) is 0 Å². The zero-order valence-electron chi connectivity index (χ0n) is 14.6. The van der Waals surface area contributed by atoms with Crippen molar-refractivity contribution in [2.24, 2.45) is 0 Å². The molecule has 5 heteroatoms. The van der Waals surface area contributed by atoms with Crippen molar-refractivity contribution in [3.8, 4) is 11.5 Å². The molecule has 1 aliphatic rings. The van der Waals surface area contributed by atoms with Crippen LogP contribution in [0.4, 0.5) is 0 Å². The van der Waals surface area contributed by atoms with Crippen LogP contribution in [-0.4, -0.2) is 29.3 Å². The normalized spacial score (nSPS) is 20.2. The zero-order chi connectivity index (χ0) is 17.5. The summed E-state index contributed by atoms with van der Waals surface area (Å²) in [5.74, 6) is 1.48. The van der Waals surface area contributed by atoms with Gasteiger partial charge in [-0.3, -0.25) is 4.98 Å². The quantitative estimate of drug-likeness (QED) is 0.810. The number of nitrogens with zero attached hydrogens (tertiary/aromatic N) is 1.